The van der Waals surface area contributed by atoms with Gasteiger partial charge in [0.25, 0.3) is 5.91 Å². The predicted octanol–water partition coefficient (Wildman–Crippen LogP) is 3.73. The number of hydrogen-bond acceptors (Lipinski definition) is 2. The summed E-state index contributed by atoms with van der Waals surface area (Å²) in [5.41, 5.74) is 6.82. The number of amides is 1. The number of halogens is 2. The van der Waals surface area contributed by atoms with Gasteiger partial charge in [0.05, 0.1) is 10.6 Å². The van der Waals surface area contributed by atoms with Gasteiger partial charge >= 0.3 is 0 Å². The Morgan fingerprint density at radius 3 is 2.54 bits per heavy atom. The maximum absolute atomic E-state index is 13.1. The maximum atomic E-state index is 13.1. The Kier molecular flexibility index (Phi) is 4.54. The van der Waals surface area contributed by atoms with Crippen LogP contribution < -0.4 is 10.0 Å². The second-order valence-electron chi connectivity index (χ2n) is 5.11. The summed E-state index contributed by atoms with van der Waals surface area (Å²) in [6.45, 7) is 0. The molecular formula is C16H13Cl2N3O2S. The number of rotatable bonds is 4. The van der Waals surface area contributed by atoms with Crippen LogP contribution in [0, 0.1) is 0 Å². The number of nitrogens with one attached hydrogen (secondary N) is 1. The number of nitrogens with zero attached hydrogens (tertiary/aromatic N) is 1. The molecule has 0 fully saturated rings. The summed E-state index contributed by atoms with van der Waals surface area (Å²) in [5.74, 6) is -0.690. The molecule has 124 valence electrons. The Bertz CT molecular complexity index is 971. The van der Waals surface area contributed by atoms with Crippen LogP contribution in [0.3, 0.4) is 0 Å². The van der Waals surface area contributed by atoms with Crippen LogP contribution in [0.5, 0.6) is 0 Å². The van der Waals surface area contributed by atoms with Crippen LogP contribution in [0.1, 0.15) is 10.5 Å². The number of aromatic amines is 1. The van der Waals surface area contributed by atoms with Crippen LogP contribution in [0.2, 0.25) is 10.0 Å². The lowest BCUT2D eigenvalue weighted by Crippen LogP contribution is -2.23. The Morgan fingerprint density at radius 1 is 1.17 bits per heavy atom. The van der Waals surface area contributed by atoms with Gasteiger partial charge < -0.3 is 10.7 Å². The van der Waals surface area contributed by atoms with Gasteiger partial charge in [-0.25, -0.2) is 4.21 Å². The smallest absolute Gasteiger partial charge is 0.266 e. The fourth-order valence-electron chi connectivity index (χ4n) is 2.40. The van der Waals surface area contributed by atoms with Gasteiger partial charge in [0, 0.05) is 28.0 Å². The summed E-state index contributed by atoms with van der Waals surface area (Å²) in [4.78, 5) is 15.0. The Hall–Kier alpha value is -2.02. The molecule has 1 unspecified atom stereocenters. The van der Waals surface area contributed by atoms with Crippen LogP contribution in [-0.4, -0.2) is 22.1 Å². The van der Waals surface area contributed by atoms with Crippen molar-refractivity contribution < 1.29 is 9.00 Å². The van der Waals surface area contributed by atoms with Crippen molar-refractivity contribution in [1.82, 2.24) is 4.98 Å². The van der Waals surface area contributed by atoms with E-state index >= 15 is 0 Å². The van der Waals surface area contributed by atoms with Gasteiger partial charge in [-0.05, 0) is 36.4 Å². The molecule has 1 heterocycles. The summed E-state index contributed by atoms with van der Waals surface area (Å²) in [6, 6.07) is 12.0. The molecule has 24 heavy (non-hydrogen) atoms. The molecule has 0 aliphatic heterocycles. The van der Waals surface area contributed by atoms with Crippen LogP contribution in [0.4, 0.5) is 5.69 Å². The number of benzene rings is 2. The van der Waals surface area contributed by atoms with Gasteiger partial charge in [0.15, 0.2) is 11.0 Å². The Morgan fingerprint density at radius 2 is 1.88 bits per heavy atom. The van der Waals surface area contributed by atoms with E-state index in [-0.39, 0.29) is 5.69 Å². The molecule has 8 heteroatoms. The average molecular weight is 382 g/mol. The van der Waals surface area contributed by atoms with E-state index in [4.69, 9.17) is 28.9 Å². The number of carbonyl (C=O) groups excluding carboxylic acids is 1. The number of carbonyl (C=O) groups is 1. The summed E-state index contributed by atoms with van der Waals surface area (Å²) in [6.07, 6.45) is 0. The monoisotopic (exact) mass is 381 g/mol. The van der Waals surface area contributed by atoms with Crippen molar-refractivity contribution in [2.75, 3.05) is 11.4 Å². The van der Waals surface area contributed by atoms with Crippen molar-refractivity contribution >= 4 is 56.7 Å². The molecular weight excluding hydrogens is 369 g/mol. The van der Waals surface area contributed by atoms with E-state index in [9.17, 15) is 9.00 Å². The van der Waals surface area contributed by atoms with E-state index < -0.39 is 16.9 Å². The first kappa shape index (κ1) is 16.8. The molecule has 0 saturated heterocycles. The first-order valence-electron chi connectivity index (χ1n) is 6.90. The number of anilines is 1. The third-order valence-electron chi connectivity index (χ3n) is 3.55. The zero-order chi connectivity index (χ0) is 17.4. The summed E-state index contributed by atoms with van der Waals surface area (Å²) in [5, 5.41) is 1.58. The van der Waals surface area contributed by atoms with Gasteiger partial charge in [-0.1, -0.05) is 29.3 Å². The van der Waals surface area contributed by atoms with Crippen molar-refractivity contribution in [2.45, 2.75) is 4.90 Å². The lowest BCUT2D eigenvalue weighted by Gasteiger charge is -2.18. The minimum Gasteiger partial charge on any atom is -0.364 e. The van der Waals surface area contributed by atoms with Crippen molar-refractivity contribution in [3.05, 3.63) is 58.2 Å². The fraction of sp³-hybridized carbons (Fsp3) is 0.0625. The number of aromatic nitrogens is 1. The minimum atomic E-state index is -1.69. The zero-order valence-electron chi connectivity index (χ0n) is 12.5. The van der Waals surface area contributed by atoms with Gasteiger partial charge in [0.1, 0.15) is 5.69 Å². The highest BCUT2D eigenvalue weighted by Crippen LogP contribution is 2.31. The van der Waals surface area contributed by atoms with Crippen LogP contribution in [0.25, 0.3) is 10.9 Å². The molecule has 0 aliphatic carbocycles. The predicted molar refractivity (Wildman–Crippen MR) is 98.1 cm³/mol. The standard InChI is InChI=1S/C16H13Cl2N3O2S/c1-21(11-4-2-3-9(17)7-11)24(23)15-12-8-10(18)5-6-13(12)20-14(15)16(19)22/h2-8,20H,1H3,(H2,19,22). The molecule has 0 bridgehead atoms. The summed E-state index contributed by atoms with van der Waals surface area (Å²) < 4.78 is 14.6. The molecule has 1 aromatic heterocycles. The quantitative estimate of drug-likeness (QED) is 0.721. The minimum absolute atomic E-state index is 0.0967. The molecule has 2 aromatic carbocycles. The van der Waals surface area contributed by atoms with Crippen LogP contribution in [0.15, 0.2) is 47.4 Å². The first-order valence-corrected chi connectivity index (χ1v) is 8.77. The molecule has 1 amide bonds. The van der Waals surface area contributed by atoms with E-state index in [0.717, 1.165) is 0 Å². The SMILES string of the molecule is CN(c1cccc(Cl)c1)S(=O)c1c(C(N)=O)[nH]c2ccc(Cl)cc12. The molecule has 3 rings (SSSR count). The molecule has 0 spiro atoms. The van der Waals surface area contributed by atoms with Gasteiger partial charge in [0.2, 0.25) is 0 Å². The largest absolute Gasteiger partial charge is 0.364 e. The number of primary amides is 1. The van der Waals surface area contributed by atoms with E-state index in [0.29, 0.717) is 31.5 Å². The summed E-state index contributed by atoms with van der Waals surface area (Å²) in [7, 11) is -0.0386. The maximum Gasteiger partial charge on any atom is 0.266 e. The topological polar surface area (TPSA) is 79.2 Å². The van der Waals surface area contributed by atoms with Crippen LogP contribution >= 0.6 is 23.2 Å². The highest BCUT2D eigenvalue weighted by Gasteiger charge is 2.24. The molecule has 5 nitrogen and oxygen atoms in total. The average Bonchev–Trinajstić information content (AvgIpc) is 2.92. The van der Waals surface area contributed by atoms with Gasteiger partial charge in [-0.3, -0.25) is 9.10 Å². The van der Waals surface area contributed by atoms with E-state index in [1.54, 1.807) is 49.5 Å². The normalized spacial score (nSPS) is 12.3. The van der Waals surface area contributed by atoms with Gasteiger partial charge in [-0.15, -0.1) is 0 Å². The molecule has 3 aromatic rings. The Labute approximate surface area is 150 Å². The van der Waals surface area contributed by atoms with Crippen molar-refractivity contribution in [3.63, 3.8) is 0 Å². The number of fused-ring (bicyclic) bond motifs is 1. The number of H-pyrrole nitrogens is 1. The second kappa shape index (κ2) is 6.47. The lowest BCUT2D eigenvalue weighted by molar-refractivity contribution is 0.0993. The molecule has 3 N–H and O–H groups in total. The molecule has 0 saturated carbocycles. The third kappa shape index (κ3) is 3.00. The fourth-order valence-corrected chi connectivity index (χ4v) is 4.02. The first-order chi connectivity index (χ1) is 11.4. The Balaban J connectivity index is 2.16. The van der Waals surface area contributed by atoms with Crippen LogP contribution in [-0.2, 0) is 11.0 Å². The summed E-state index contributed by atoms with van der Waals surface area (Å²) >= 11 is 12.0. The van der Waals surface area contributed by atoms with E-state index in [2.05, 4.69) is 4.98 Å². The zero-order valence-corrected chi connectivity index (χ0v) is 14.9. The number of hydrogen-bond donors (Lipinski definition) is 2. The van der Waals surface area contributed by atoms with E-state index in [1.807, 2.05) is 0 Å². The van der Waals surface area contributed by atoms with Crippen molar-refractivity contribution in [2.24, 2.45) is 5.73 Å². The lowest BCUT2D eigenvalue weighted by atomic mass is 10.2. The highest BCUT2D eigenvalue weighted by atomic mass is 35.5. The van der Waals surface area contributed by atoms with E-state index in [1.165, 1.54) is 4.31 Å². The molecule has 1 atom stereocenters. The molecule has 0 radical (unpaired) electrons. The second-order valence-corrected chi connectivity index (χ2v) is 7.44. The highest BCUT2D eigenvalue weighted by molar-refractivity contribution is 7.86. The van der Waals surface area contributed by atoms with Crippen molar-refractivity contribution in [1.29, 1.82) is 0 Å². The number of nitrogens with two attached hydrogens (primary N) is 1. The molecule has 0 aliphatic rings. The van der Waals surface area contributed by atoms with Gasteiger partial charge in [-0.2, -0.15) is 0 Å². The third-order valence-corrected chi connectivity index (χ3v) is 5.51. The van der Waals surface area contributed by atoms with Crippen molar-refractivity contribution in [3.8, 4) is 0 Å².